The molecule has 11 nitrogen and oxygen atoms in total. The number of methoxy groups -OCH3 is 1. The average molecular weight is 356 g/mol. The van der Waals surface area contributed by atoms with Crippen LogP contribution in [0.5, 0.6) is 0 Å². The van der Waals surface area contributed by atoms with Crippen LogP contribution in [0.15, 0.2) is 0 Å². The third kappa shape index (κ3) is 3.86. The lowest BCUT2D eigenvalue weighted by molar-refractivity contribution is -0.327. The summed E-state index contributed by atoms with van der Waals surface area (Å²) < 4.78 is 20.3. The summed E-state index contributed by atoms with van der Waals surface area (Å²) in [4.78, 5) is 0. The predicted octanol–water partition coefficient (Wildman–Crippen LogP) is -4.74. The van der Waals surface area contributed by atoms with Gasteiger partial charge in [-0.05, 0) is 0 Å². The van der Waals surface area contributed by atoms with Crippen molar-refractivity contribution in [3.63, 3.8) is 0 Å². The number of aliphatic hydroxyl groups is 7. The molecule has 0 aliphatic carbocycles. The van der Waals surface area contributed by atoms with Gasteiger partial charge in [0.25, 0.3) is 0 Å². The minimum atomic E-state index is -1.61. The van der Waals surface area contributed by atoms with E-state index >= 15 is 0 Å². The zero-order valence-electron chi connectivity index (χ0n) is 13.0. The van der Waals surface area contributed by atoms with Gasteiger partial charge in [0.2, 0.25) is 0 Å². The maximum Gasteiger partial charge on any atom is 0.186 e. The van der Waals surface area contributed by atoms with Crippen molar-refractivity contribution in [1.82, 2.24) is 0 Å². The molecular weight excluding hydrogens is 332 g/mol. The molecule has 11 heteroatoms. The fraction of sp³-hybridized carbons (Fsp3) is 1.00. The lowest BCUT2D eigenvalue weighted by Crippen LogP contribution is -2.61. The molecule has 2 saturated heterocycles. The molecule has 0 aromatic heterocycles. The zero-order valence-corrected chi connectivity index (χ0v) is 13.0. The van der Waals surface area contributed by atoms with Crippen molar-refractivity contribution < 1.29 is 54.7 Å². The summed E-state index contributed by atoms with van der Waals surface area (Å²) in [6.45, 7) is -0.989. The smallest absolute Gasteiger partial charge is 0.186 e. The van der Waals surface area contributed by atoms with Gasteiger partial charge in [0, 0.05) is 7.11 Å². The SMILES string of the molecule is CO[C@H]1[C@@H](O)[C@@H](CO[C@@H]2O[C@H](CO)[C@H](O)[C@H](O)[C@H]2O)OC(O)[C@@H]1O. The highest BCUT2D eigenvalue weighted by Crippen LogP contribution is 2.25. The number of aliphatic hydroxyl groups excluding tert-OH is 7. The normalized spacial score (nSPS) is 50.0. The van der Waals surface area contributed by atoms with Gasteiger partial charge in [0.15, 0.2) is 12.6 Å². The fourth-order valence-electron chi connectivity index (χ4n) is 2.73. The highest BCUT2D eigenvalue weighted by atomic mass is 16.7. The molecule has 7 N–H and O–H groups in total. The molecule has 2 aliphatic rings. The highest BCUT2D eigenvalue weighted by molar-refractivity contribution is 4.91. The number of rotatable bonds is 5. The Morgan fingerprint density at radius 1 is 0.792 bits per heavy atom. The molecule has 10 atom stereocenters. The van der Waals surface area contributed by atoms with E-state index in [-0.39, 0.29) is 6.61 Å². The molecule has 0 spiro atoms. The van der Waals surface area contributed by atoms with E-state index in [4.69, 9.17) is 24.1 Å². The van der Waals surface area contributed by atoms with Crippen LogP contribution in [0.4, 0.5) is 0 Å². The van der Waals surface area contributed by atoms with Crippen molar-refractivity contribution in [2.75, 3.05) is 20.3 Å². The molecule has 2 aliphatic heterocycles. The van der Waals surface area contributed by atoms with Crippen LogP contribution in [0.1, 0.15) is 0 Å². The monoisotopic (exact) mass is 356 g/mol. The predicted molar refractivity (Wildman–Crippen MR) is 73.4 cm³/mol. The summed E-state index contributed by atoms with van der Waals surface area (Å²) in [5, 5.41) is 67.6. The van der Waals surface area contributed by atoms with Gasteiger partial charge in [-0.2, -0.15) is 0 Å². The third-order valence-corrected chi connectivity index (χ3v) is 4.21. The van der Waals surface area contributed by atoms with Crippen LogP contribution in [0.3, 0.4) is 0 Å². The molecule has 0 bridgehead atoms. The quantitative estimate of drug-likeness (QED) is 0.251. The molecule has 0 aromatic rings. The summed E-state index contributed by atoms with van der Waals surface area (Å²) in [6, 6.07) is 0. The second-order valence-corrected chi connectivity index (χ2v) is 5.78. The first-order valence-corrected chi connectivity index (χ1v) is 7.46. The summed E-state index contributed by atoms with van der Waals surface area (Å²) in [6.07, 6.45) is -13.9. The van der Waals surface area contributed by atoms with E-state index in [0.717, 1.165) is 0 Å². The molecule has 2 heterocycles. The van der Waals surface area contributed by atoms with Crippen LogP contribution in [-0.2, 0) is 18.9 Å². The average Bonchev–Trinajstić information content (AvgIpc) is 2.57. The van der Waals surface area contributed by atoms with E-state index in [2.05, 4.69) is 0 Å². The molecule has 2 rings (SSSR count). The van der Waals surface area contributed by atoms with Gasteiger partial charge in [-0.25, -0.2) is 0 Å². The Kier molecular flexibility index (Phi) is 6.87. The van der Waals surface area contributed by atoms with Gasteiger partial charge in [-0.1, -0.05) is 0 Å². The summed E-state index contributed by atoms with van der Waals surface area (Å²) in [5.74, 6) is 0. The van der Waals surface area contributed by atoms with Gasteiger partial charge < -0.3 is 54.7 Å². The second kappa shape index (κ2) is 8.29. The fourth-order valence-corrected chi connectivity index (χ4v) is 2.73. The molecule has 142 valence electrons. The van der Waals surface area contributed by atoms with Crippen molar-refractivity contribution in [2.45, 2.75) is 61.4 Å². The summed E-state index contributed by atoms with van der Waals surface area (Å²) in [5.41, 5.74) is 0. The highest BCUT2D eigenvalue weighted by Gasteiger charge is 2.47. The Balaban J connectivity index is 1.96. The second-order valence-electron chi connectivity index (χ2n) is 5.78. The van der Waals surface area contributed by atoms with Crippen molar-refractivity contribution in [1.29, 1.82) is 0 Å². The van der Waals surface area contributed by atoms with Gasteiger partial charge in [0.05, 0.1) is 13.2 Å². The van der Waals surface area contributed by atoms with Crippen LogP contribution in [0.2, 0.25) is 0 Å². The van der Waals surface area contributed by atoms with Crippen molar-refractivity contribution in [3.8, 4) is 0 Å². The van der Waals surface area contributed by atoms with Crippen molar-refractivity contribution in [2.24, 2.45) is 0 Å². The molecule has 1 unspecified atom stereocenters. The van der Waals surface area contributed by atoms with Gasteiger partial charge in [-0.15, -0.1) is 0 Å². The number of hydrogen-bond donors (Lipinski definition) is 7. The van der Waals surface area contributed by atoms with E-state index in [0.29, 0.717) is 0 Å². The Labute approximate surface area is 137 Å². The maximum absolute atomic E-state index is 10.1. The first-order chi connectivity index (χ1) is 11.3. The van der Waals surface area contributed by atoms with Crippen molar-refractivity contribution in [3.05, 3.63) is 0 Å². The first-order valence-electron chi connectivity index (χ1n) is 7.46. The largest absolute Gasteiger partial charge is 0.394 e. The number of ether oxygens (including phenoxy) is 4. The minimum absolute atomic E-state index is 0.381. The van der Waals surface area contributed by atoms with Crippen LogP contribution in [-0.4, -0.2) is 117 Å². The lowest BCUT2D eigenvalue weighted by Gasteiger charge is -2.42. The zero-order chi connectivity index (χ0) is 18.0. The Morgan fingerprint density at radius 3 is 2.04 bits per heavy atom. The topological polar surface area (TPSA) is 179 Å². The van der Waals surface area contributed by atoms with E-state index in [1.807, 2.05) is 0 Å². The molecule has 0 saturated carbocycles. The standard InChI is InChI=1S/C13H24O11/c1-21-11-7(16)5(23-12(20)10(11)19)3-22-13-9(18)8(17)6(15)4(2-14)24-13/h4-20H,2-3H2,1H3/t4-,5-,6+,7+,8+,9-,10-,11+,12?,13-/m1/s1. The molecule has 0 aromatic carbocycles. The van der Waals surface area contributed by atoms with Crippen LogP contribution in [0.25, 0.3) is 0 Å². The van der Waals surface area contributed by atoms with Crippen LogP contribution < -0.4 is 0 Å². The van der Waals surface area contributed by atoms with Crippen LogP contribution in [0, 0.1) is 0 Å². The van der Waals surface area contributed by atoms with Crippen molar-refractivity contribution >= 4 is 0 Å². The molecular formula is C13H24O11. The minimum Gasteiger partial charge on any atom is -0.394 e. The summed E-state index contributed by atoms with van der Waals surface area (Å²) in [7, 11) is 1.24. The molecule has 2 fully saturated rings. The number of hydrogen-bond acceptors (Lipinski definition) is 11. The molecule has 24 heavy (non-hydrogen) atoms. The molecule has 0 radical (unpaired) electrons. The summed E-state index contributed by atoms with van der Waals surface area (Å²) >= 11 is 0. The van der Waals surface area contributed by atoms with Gasteiger partial charge >= 0.3 is 0 Å². The Hall–Kier alpha value is -0.440. The van der Waals surface area contributed by atoms with Gasteiger partial charge in [-0.3, -0.25) is 0 Å². The van der Waals surface area contributed by atoms with E-state index < -0.39 is 68.0 Å². The Bertz CT molecular complexity index is 392. The van der Waals surface area contributed by atoms with E-state index in [1.165, 1.54) is 7.11 Å². The van der Waals surface area contributed by atoms with Gasteiger partial charge in [0.1, 0.15) is 48.8 Å². The maximum atomic E-state index is 10.1. The van der Waals surface area contributed by atoms with Crippen LogP contribution >= 0.6 is 0 Å². The first kappa shape index (κ1) is 19.9. The van der Waals surface area contributed by atoms with E-state index in [9.17, 15) is 30.6 Å². The molecule has 0 amide bonds. The van der Waals surface area contributed by atoms with E-state index in [1.54, 1.807) is 0 Å². The third-order valence-electron chi connectivity index (χ3n) is 4.21. The lowest BCUT2D eigenvalue weighted by atomic mass is 9.98. The Morgan fingerprint density at radius 2 is 1.46 bits per heavy atom.